The van der Waals surface area contributed by atoms with Crippen molar-refractivity contribution < 1.29 is 4.79 Å². The lowest BCUT2D eigenvalue weighted by Gasteiger charge is -2.08. The lowest BCUT2D eigenvalue weighted by atomic mass is 10.1. The highest BCUT2D eigenvalue weighted by Gasteiger charge is 2.12. The molecule has 0 bridgehead atoms. The molecule has 2 aromatic heterocycles. The molecule has 3 aromatic rings. The first-order valence-electron chi connectivity index (χ1n) is 6.06. The summed E-state index contributed by atoms with van der Waals surface area (Å²) in [4.78, 5) is 20.6. The van der Waals surface area contributed by atoms with Gasteiger partial charge in [-0.2, -0.15) is 0 Å². The van der Waals surface area contributed by atoms with Crippen LogP contribution < -0.4 is 10.6 Å². The Morgan fingerprint density at radius 3 is 2.90 bits per heavy atom. The van der Waals surface area contributed by atoms with Crippen LogP contribution in [-0.4, -0.2) is 22.9 Å². The fourth-order valence-electron chi connectivity index (χ4n) is 1.94. The van der Waals surface area contributed by atoms with Crippen LogP contribution in [-0.2, 0) is 0 Å². The van der Waals surface area contributed by atoms with Crippen molar-refractivity contribution in [3.05, 3.63) is 47.6 Å². The molecule has 5 nitrogen and oxygen atoms in total. The molecule has 0 radical (unpaired) electrons. The SMILES string of the molecule is CNc1cc(C(=O)Nc2nccs2)nc2ccccc12. The molecular weight excluding hydrogens is 272 g/mol. The van der Waals surface area contributed by atoms with E-state index in [0.717, 1.165) is 16.6 Å². The number of carbonyl (C=O) groups excluding carboxylic acids is 1. The molecule has 1 aromatic carbocycles. The summed E-state index contributed by atoms with van der Waals surface area (Å²) in [5.74, 6) is -0.262. The van der Waals surface area contributed by atoms with Gasteiger partial charge in [-0.05, 0) is 12.1 Å². The third-order valence-corrected chi connectivity index (χ3v) is 3.56. The molecule has 100 valence electrons. The van der Waals surface area contributed by atoms with Crippen LogP contribution in [0.3, 0.4) is 0 Å². The lowest BCUT2D eigenvalue weighted by molar-refractivity contribution is 0.102. The second kappa shape index (κ2) is 5.26. The average Bonchev–Trinajstić information content (AvgIpc) is 2.99. The smallest absolute Gasteiger partial charge is 0.276 e. The van der Waals surface area contributed by atoms with Crippen LogP contribution in [0.1, 0.15) is 10.5 Å². The third-order valence-electron chi connectivity index (χ3n) is 2.87. The predicted molar refractivity (Wildman–Crippen MR) is 81.4 cm³/mol. The summed E-state index contributed by atoms with van der Waals surface area (Å²) in [6.07, 6.45) is 1.65. The standard InChI is InChI=1S/C14H12N4OS/c1-15-11-8-12(13(19)18-14-16-6-7-20-14)17-10-5-3-2-4-9(10)11/h2-8H,1H3,(H,15,17)(H,16,18,19). The van der Waals surface area contributed by atoms with E-state index in [1.165, 1.54) is 11.3 Å². The van der Waals surface area contributed by atoms with Crippen molar-refractivity contribution in [1.29, 1.82) is 0 Å². The number of nitrogens with zero attached hydrogens (tertiary/aromatic N) is 2. The normalized spacial score (nSPS) is 10.4. The van der Waals surface area contributed by atoms with E-state index in [1.807, 2.05) is 36.7 Å². The van der Waals surface area contributed by atoms with Crippen LogP contribution in [0.15, 0.2) is 41.9 Å². The number of rotatable bonds is 3. The molecule has 3 rings (SSSR count). The molecule has 6 heteroatoms. The minimum absolute atomic E-state index is 0.262. The van der Waals surface area contributed by atoms with Crippen LogP contribution in [0.4, 0.5) is 10.8 Å². The second-order valence-electron chi connectivity index (χ2n) is 4.11. The molecule has 2 heterocycles. The highest BCUT2D eigenvalue weighted by molar-refractivity contribution is 7.13. The molecule has 0 spiro atoms. The van der Waals surface area contributed by atoms with Gasteiger partial charge in [0.2, 0.25) is 0 Å². The number of amides is 1. The van der Waals surface area contributed by atoms with E-state index >= 15 is 0 Å². The highest BCUT2D eigenvalue weighted by Crippen LogP contribution is 2.23. The van der Waals surface area contributed by atoms with Crippen molar-refractivity contribution in [3.8, 4) is 0 Å². The molecule has 1 amide bonds. The third kappa shape index (κ3) is 2.33. The molecule has 0 saturated carbocycles. The summed E-state index contributed by atoms with van der Waals surface area (Å²) in [5.41, 5.74) is 2.02. The number of pyridine rings is 1. The van der Waals surface area contributed by atoms with E-state index in [-0.39, 0.29) is 5.91 Å². The number of aromatic nitrogens is 2. The summed E-state index contributed by atoms with van der Waals surface area (Å²) in [7, 11) is 1.82. The number of para-hydroxylation sites is 1. The van der Waals surface area contributed by atoms with Crippen molar-refractivity contribution in [2.24, 2.45) is 0 Å². The second-order valence-corrected chi connectivity index (χ2v) is 5.01. The van der Waals surface area contributed by atoms with Gasteiger partial charge in [-0.15, -0.1) is 11.3 Å². The van der Waals surface area contributed by atoms with E-state index in [4.69, 9.17) is 0 Å². The lowest BCUT2D eigenvalue weighted by Crippen LogP contribution is -2.14. The van der Waals surface area contributed by atoms with Crippen molar-refractivity contribution in [2.45, 2.75) is 0 Å². The molecule has 0 saturated heterocycles. The number of thiazole rings is 1. The maximum absolute atomic E-state index is 12.2. The molecule has 0 aliphatic carbocycles. The van der Waals surface area contributed by atoms with Crippen LogP contribution in [0.5, 0.6) is 0 Å². The van der Waals surface area contributed by atoms with E-state index in [1.54, 1.807) is 12.3 Å². The van der Waals surface area contributed by atoms with Gasteiger partial charge in [-0.25, -0.2) is 9.97 Å². The zero-order chi connectivity index (χ0) is 13.9. The molecule has 0 fully saturated rings. The van der Waals surface area contributed by atoms with Gasteiger partial charge < -0.3 is 5.32 Å². The first-order valence-corrected chi connectivity index (χ1v) is 6.94. The number of anilines is 2. The minimum Gasteiger partial charge on any atom is -0.388 e. The molecule has 0 aliphatic heterocycles. The Morgan fingerprint density at radius 1 is 1.30 bits per heavy atom. The maximum atomic E-state index is 12.2. The Labute approximate surface area is 119 Å². The summed E-state index contributed by atoms with van der Waals surface area (Å²) in [5, 5.41) is 9.18. The van der Waals surface area contributed by atoms with E-state index in [0.29, 0.717) is 10.8 Å². The molecule has 0 unspecified atom stereocenters. The fraction of sp³-hybridized carbons (Fsp3) is 0.0714. The average molecular weight is 284 g/mol. The van der Waals surface area contributed by atoms with Crippen LogP contribution in [0.25, 0.3) is 10.9 Å². The number of fused-ring (bicyclic) bond motifs is 1. The highest BCUT2D eigenvalue weighted by atomic mass is 32.1. The Balaban J connectivity index is 2.01. The fourth-order valence-corrected chi connectivity index (χ4v) is 2.47. The minimum atomic E-state index is -0.262. The molecule has 2 N–H and O–H groups in total. The predicted octanol–water partition coefficient (Wildman–Crippen LogP) is 2.99. The van der Waals surface area contributed by atoms with Crippen molar-refractivity contribution in [3.63, 3.8) is 0 Å². The van der Waals surface area contributed by atoms with Crippen molar-refractivity contribution in [1.82, 2.24) is 9.97 Å². The number of hydrogen-bond acceptors (Lipinski definition) is 5. The summed E-state index contributed by atoms with van der Waals surface area (Å²) in [6, 6.07) is 9.44. The van der Waals surface area contributed by atoms with E-state index in [2.05, 4.69) is 20.6 Å². The number of hydrogen-bond donors (Lipinski definition) is 2. The van der Waals surface area contributed by atoms with Gasteiger partial charge >= 0.3 is 0 Å². The van der Waals surface area contributed by atoms with Gasteiger partial charge in [0, 0.05) is 29.7 Å². The zero-order valence-electron chi connectivity index (χ0n) is 10.8. The Kier molecular flexibility index (Phi) is 3.30. The topological polar surface area (TPSA) is 66.9 Å². The molecule has 20 heavy (non-hydrogen) atoms. The Bertz CT molecular complexity index is 755. The first kappa shape index (κ1) is 12.6. The number of nitrogens with one attached hydrogen (secondary N) is 2. The maximum Gasteiger partial charge on any atom is 0.276 e. The van der Waals surface area contributed by atoms with Crippen LogP contribution in [0.2, 0.25) is 0 Å². The quantitative estimate of drug-likeness (QED) is 0.776. The van der Waals surface area contributed by atoms with Gasteiger partial charge in [0.1, 0.15) is 5.69 Å². The van der Waals surface area contributed by atoms with Gasteiger partial charge in [-0.1, -0.05) is 18.2 Å². The zero-order valence-corrected chi connectivity index (χ0v) is 11.6. The molecule has 0 atom stereocenters. The summed E-state index contributed by atoms with van der Waals surface area (Å²) in [6.45, 7) is 0. The summed E-state index contributed by atoms with van der Waals surface area (Å²) < 4.78 is 0. The molecule has 0 aliphatic rings. The van der Waals surface area contributed by atoms with E-state index < -0.39 is 0 Å². The van der Waals surface area contributed by atoms with Crippen molar-refractivity contribution in [2.75, 3.05) is 17.7 Å². The molecular formula is C14H12N4OS. The van der Waals surface area contributed by atoms with Crippen LogP contribution >= 0.6 is 11.3 Å². The summed E-state index contributed by atoms with van der Waals surface area (Å²) >= 11 is 1.37. The van der Waals surface area contributed by atoms with E-state index in [9.17, 15) is 4.79 Å². The van der Waals surface area contributed by atoms with Gasteiger partial charge in [0.25, 0.3) is 5.91 Å². The Morgan fingerprint density at radius 2 is 2.15 bits per heavy atom. The van der Waals surface area contributed by atoms with Gasteiger partial charge in [0.15, 0.2) is 5.13 Å². The largest absolute Gasteiger partial charge is 0.388 e. The van der Waals surface area contributed by atoms with Crippen LogP contribution in [0, 0.1) is 0 Å². The van der Waals surface area contributed by atoms with Gasteiger partial charge in [-0.3, -0.25) is 10.1 Å². The number of benzene rings is 1. The first-order chi connectivity index (χ1) is 9.78. The monoisotopic (exact) mass is 284 g/mol. The van der Waals surface area contributed by atoms with Gasteiger partial charge in [0.05, 0.1) is 5.52 Å². The van der Waals surface area contributed by atoms with Crippen molar-refractivity contribution >= 4 is 39.0 Å². The number of carbonyl (C=O) groups is 1. The Hall–Kier alpha value is -2.47.